The summed E-state index contributed by atoms with van der Waals surface area (Å²) in [6.45, 7) is 0. The molecule has 274 valence electrons. The zero-order valence-corrected chi connectivity index (χ0v) is 32.9. The fourth-order valence-corrected chi connectivity index (χ4v) is 11.6. The Morgan fingerprint density at radius 3 is 1.23 bits per heavy atom. The lowest BCUT2D eigenvalue weighted by atomic mass is 9.67. The molecule has 0 N–H and O–H groups in total. The highest BCUT2D eigenvalue weighted by atomic mass is 35.5. The minimum atomic E-state index is -1.19. The standard InChI is InChI=1S/C46H32Cl2N4O2S2/c47-31-19-23-33(24-20-31)51-45(27-55-37-17-9-7-15-35(37)43(45)53)39(29-11-3-1-4-12-29)41(49-51)42-40(30-13-5-2-6-14-30)46(52(50-42)34-25-21-32(48)22-26-34)28-56-38-18-10-8-16-36(38)44(46)54/h1-26,39-40H,27-28H2. The summed E-state index contributed by atoms with van der Waals surface area (Å²) in [4.78, 5) is 32.9. The number of rotatable bonds is 5. The Bertz CT molecular complexity index is 2410. The molecular formula is C46H32Cl2N4O2S2. The van der Waals surface area contributed by atoms with E-state index in [1.165, 1.54) is 0 Å². The average molecular weight is 808 g/mol. The van der Waals surface area contributed by atoms with Gasteiger partial charge in [0.05, 0.1) is 34.6 Å². The van der Waals surface area contributed by atoms with Gasteiger partial charge in [-0.25, -0.2) is 10.0 Å². The van der Waals surface area contributed by atoms with Gasteiger partial charge in [-0.15, -0.1) is 23.5 Å². The fourth-order valence-electron chi connectivity index (χ4n) is 8.78. The summed E-state index contributed by atoms with van der Waals surface area (Å²) >= 11 is 16.2. The van der Waals surface area contributed by atoms with Gasteiger partial charge < -0.3 is 0 Å². The number of carbonyl (C=O) groups is 2. The van der Waals surface area contributed by atoms with E-state index >= 15 is 9.59 Å². The number of fused-ring (bicyclic) bond motifs is 2. The van der Waals surface area contributed by atoms with E-state index in [9.17, 15) is 0 Å². The minimum Gasteiger partial charge on any atom is -0.291 e. The first-order valence-corrected chi connectivity index (χ1v) is 21.0. The van der Waals surface area contributed by atoms with Gasteiger partial charge in [0.2, 0.25) is 0 Å². The Labute approximate surface area is 343 Å². The summed E-state index contributed by atoms with van der Waals surface area (Å²) in [5.74, 6) is -0.332. The van der Waals surface area contributed by atoms with Crippen LogP contribution in [-0.2, 0) is 0 Å². The van der Waals surface area contributed by atoms with Gasteiger partial charge in [-0.2, -0.15) is 10.2 Å². The molecule has 2 spiro atoms. The molecular weight excluding hydrogens is 776 g/mol. The predicted octanol–water partition coefficient (Wildman–Crippen LogP) is 11.1. The molecule has 4 aliphatic rings. The average Bonchev–Trinajstić information content (AvgIpc) is 3.76. The molecule has 4 aliphatic heterocycles. The molecule has 0 radical (unpaired) electrons. The van der Waals surface area contributed by atoms with Crippen LogP contribution >= 0.6 is 46.7 Å². The molecule has 4 heterocycles. The second-order valence-electron chi connectivity index (χ2n) is 14.3. The lowest BCUT2D eigenvalue weighted by molar-refractivity contribution is 0.0883. The van der Waals surface area contributed by atoms with Crippen molar-refractivity contribution in [1.29, 1.82) is 0 Å². The van der Waals surface area contributed by atoms with Crippen LogP contribution in [0.2, 0.25) is 10.0 Å². The van der Waals surface area contributed by atoms with Crippen LogP contribution in [0.5, 0.6) is 0 Å². The van der Waals surface area contributed by atoms with E-state index in [1.54, 1.807) is 23.5 Å². The van der Waals surface area contributed by atoms with Crippen molar-refractivity contribution >= 4 is 81.1 Å². The molecule has 6 aromatic carbocycles. The van der Waals surface area contributed by atoms with Gasteiger partial charge in [0, 0.05) is 42.5 Å². The number of nitrogens with zero attached hydrogens (tertiary/aromatic N) is 4. The summed E-state index contributed by atoms with van der Waals surface area (Å²) in [6, 6.07) is 50.9. The number of ketones is 2. The SMILES string of the molecule is O=C1c2ccccc2SCC12C(c1ccccc1)C(C1=NN(c3ccc(Cl)cc3)C3(CSc4ccccc4C3=O)C1c1ccccc1)=NN2c1ccc(Cl)cc1. The van der Waals surface area contributed by atoms with Crippen LogP contribution in [0.25, 0.3) is 0 Å². The maximum absolute atomic E-state index is 15.5. The van der Waals surface area contributed by atoms with E-state index in [1.807, 2.05) is 143 Å². The van der Waals surface area contributed by atoms with Crippen LogP contribution in [0.1, 0.15) is 43.7 Å². The second-order valence-corrected chi connectivity index (χ2v) is 17.2. The lowest BCUT2D eigenvalue weighted by Crippen LogP contribution is -2.59. The van der Waals surface area contributed by atoms with Crippen LogP contribution in [-0.4, -0.2) is 45.6 Å². The zero-order chi connectivity index (χ0) is 38.0. The van der Waals surface area contributed by atoms with Crippen molar-refractivity contribution in [2.24, 2.45) is 10.2 Å². The van der Waals surface area contributed by atoms with Gasteiger partial charge >= 0.3 is 0 Å². The highest BCUT2D eigenvalue weighted by Gasteiger charge is 2.65. The molecule has 0 amide bonds. The van der Waals surface area contributed by atoms with Crippen LogP contribution in [0, 0.1) is 0 Å². The van der Waals surface area contributed by atoms with Gasteiger partial charge in [-0.05, 0) is 71.8 Å². The largest absolute Gasteiger partial charge is 0.291 e. The van der Waals surface area contributed by atoms with E-state index in [-0.39, 0.29) is 11.6 Å². The van der Waals surface area contributed by atoms with Crippen LogP contribution in [0.15, 0.2) is 178 Å². The van der Waals surface area contributed by atoms with Crippen molar-refractivity contribution in [2.45, 2.75) is 32.7 Å². The smallest absolute Gasteiger partial charge is 0.193 e. The van der Waals surface area contributed by atoms with Crippen molar-refractivity contribution in [2.75, 3.05) is 21.5 Å². The Balaban J connectivity index is 1.27. The third-order valence-electron chi connectivity index (χ3n) is 11.3. The lowest BCUT2D eigenvalue weighted by Gasteiger charge is -2.44. The van der Waals surface area contributed by atoms with Gasteiger partial charge in [0.1, 0.15) is 11.1 Å². The molecule has 4 atom stereocenters. The van der Waals surface area contributed by atoms with Crippen molar-refractivity contribution in [3.05, 3.63) is 190 Å². The van der Waals surface area contributed by atoms with E-state index < -0.39 is 22.9 Å². The number of anilines is 2. The summed E-state index contributed by atoms with van der Waals surface area (Å²) in [7, 11) is 0. The molecule has 6 nitrogen and oxygen atoms in total. The molecule has 56 heavy (non-hydrogen) atoms. The number of carbonyl (C=O) groups excluding carboxylic acids is 2. The minimum absolute atomic E-state index is 0.0215. The molecule has 10 rings (SSSR count). The van der Waals surface area contributed by atoms with Crippen LogP contribution in [0.4, 0.5) is 11.4 Å². The van der Waals surface area contributed by atoms with Gasteiger partial charge in [0.15, 0.2) is 11.6 Å². The summed E-state index contributed by atoms with van der Waals surface area (Å²) < 4.78 is 0. The van der Waals surface area contributed by atoms with Crippen molar-refractivity contribution < 1.29 is 9.59 Å². The molecule has 10 heteroatoms. The fraction of sp³-hybridized carbons (Fsp3) is 0.130. The van der Waals surface area contributed by atoms with Crippen molar-refractivity contribution in [3.63, 3.8) is 0 Å². The first-order valence-electron chi connectivity index (χ1n) is 18.3. The van der Waals surface area contributed by atoms with E-state index in [0.717, 1.165) is 32.3 Å². The number of thioether (sulfide) groups is 2. The normalized spacial score (nSPS) is 24.0. The van der Waals surface area contributed by atoms with E-state index in [4.69, 9.17) is 33.4 Å². The van der Waals surface area contributed by atoms with Gasteiger partial charge in [-0.3, -0.25) is 9.59 Å². The number of benzene rings is 6. The van der Waals surface area contributed by atoms with E-state index in [0.29, 0.717) is 44.1 Å². The zero-order valence-electron chi connectivity index (χ0n) is 29.8. The molecule has 0 fully saturated rings. The summed E-state index contributed by atoms with van der Waals surface area (Å²) in [6.07, 6.45) is 0. The summed E-state index contributed by atoms with van der Waals surface area (Å²) in [5.41, 5.74) is 3.54. The highest BCUT2D eigenvalue weighted by molar-refractivity contribution is 7.99. The third-order valence-corrected chi connectivity index (χ3v) is 14.3. The number of hydrazone groups is 2. The first-order chi connectivity index (χ1) is 27.4. The van der Waals surface area contributed by atoms with Crippen molar-refractivity contribution in [1.82, 2.24) is 0 Å². The summed E-state index contributed by atoms with van der Waals surface area (Å²) in [5, 5.41) is 16.1. The Kier molecular flexibility index (Phi) is 8.71. The van der Waals surface area contributed by atoms with Crippen LogP contribution < -0.4 is 10.0 Å². The topological polar surface area (TPSA) is 65.3 Å². The Morgan fingerprint density at radius 2 is 0.839 bits per heavy atom. The molecule has 0 saturated heterocycles. The number of hydrogen-bond donors (Lipinski definition) is 0. The Hall–Kier alpha value is -5.12. The quantitative estimate of drug-likeness (QED) is 0.173. The molecule has 4 unspecified atom stereocenters. The van der Waals surface area contributed by atoms with Crippen LogP contribution in [0.3, 0.4) is 0 Å². The number of hydrogen-bond acceptors (Lipinski definition) is 8. The maximum atomic E-state index is 15.5. The predicted molar refractivity (Wildman–Crippen MR) is 230 cm³/mol. The highest BCUT2D eigenvalue weighted by Crippen LogP contribution is 2.56. The van der Waals surface area contributed by atoms with Gasteiger partial charge in [-0.1, -0.05) is 120 Å². The maximum Gasteiger partial charge on any atom is 0.193 e. The van der Waals surface area contributed by atoms with E-state index in [2.05, 4.69) is 24.3 Å². The third kappa shape index (κ3) is 5.34. The van der Waals surface area contributed by atoms with Gasteiger partial charge in [0.25, 0.3) is 0 Å². The monoisotopic (exact) mass is 806 g/mol. The first kappa shape index (κ1) is 35.3. The molecule has 0 bridgehead atoms. The molecule has 6 aromatic rings. The Morgan fingerprint density at radius 1 is 0.482 bits per heavy atom. The molecule has 0 aromatic heterocycles. The number of Topliss-reactive ketones (excluding diaryl/α,β-unsaturated/α-hetero) is 2. The van der Waals surface area contributed by atoms with Crippen molar-refractivity contribution in [3.8, 4) is 0 Å². The number of halogens is 2. The molecule has 0 saturated carbocycles. The molecule has 0 aliphatic carbocycles. The second kappa shape index (κ2) is 13.8.